The SMILES string of the molecule is Cc1ccc(CCC2CCc3c(cc(F)c(F)c3F)C2)cc1. The Hall–Kier alpha value is -1.77. The predicted molar refractivity (Wildman–Crippen MR) is 81.3 cm³/mol. The normalized spacial score (nSPS) is 17.4. The summed E-state index contributed by atoms with van der Waals surface area (Å²) in [6.07, 6.45) is 3.92. The molecule has 0 saturated carbocycles. The van der Waals surface area contributed by atoms with Gasteiger partial charge in [0, 0.05) is 0 Å². The van der Waals surface area contributed by atoms with Gasteiger partial charge in [0.15, 0.2) is 17.5 Å². The van der Waals surface area contributed by atoms with E-state index in [0.29, 0.717) is 29.9 Å². The molecule has 3 rings (SSSR count). The smallest absolute Gasteiger partial charge is 0.194 e. The van der Waals surface area contributed by atoms with Crippen molar-refractivity contribution in [1.29, 1.82) is 0 Å². The fourth-order valence-corrected chi connectivity index (χ4v) is 3.27. The first kappa shape index (κ1) is 15.1. The highest BCUT2D eigenvalue weighted by atomic mass is 19.2. The van der Waals surface area contributed by atoms with E-state index in [-0.39, 0.29) is 0 Å². The summed E-state index contributed by atoms with van der Waals surface area (Å²) in [5, 5.41) is 0. The topological polar surface area (TPSA) is 0 Å². The zero-order chi connectivity index (χ0) is 15.7. The molecule has 0 radical (unpaired) electrons. The Morgan fingerprint density at radius 3 is 2.50 bits per heavy atom. The molecule has 0 heterocycles. The van der Waals surface area contributed by atoms with Crippen LogP contribution in [0.2, 0.25) is 0 Å². The summed E-state index contributed by atoms with van der Waals surface area (Å²) in [6, 6.07) is 9.62. The van der Waals surface area contributed by atoms with Crippen LogP contribution >= 0.6 is 0 Å². The summed E-state index contributed by atoms with van der Waals surface area (Å²) in [5.41, 5.74) is 3.53. The molecule has 0 aromatic heterocycles. The molecule has 0 spiro atoms. The van der Waals surface area contributed by atoms with Crippen LogP contribution in [0, 0.1) is 30.3 Å². The number of fused-ring (bicyclic) bond motifs is 1. The maximum atomic E-state index is 13.7. The molecule has 0 amide bonds. The van der Waals surface area contributed by atoms with E-state index in [9.17, 15) is 13.2 Å². The summed E-state index contributed by atoms with van der Waals surface area (Å²) in [4.78, 5) is 0. The lowest BCUT2D eigenvalue weighted by atomic mass is 9.80. The molecular weight excluding hydrogens is 285 g/mol. The maximum absolute atomic E-state index is 13.7. The predicted octanol–water partition coefficient (Wildman–Crippen LogP) is 5.15. The van der Waals surface area contributed by atoms with Crippen LogP contribution in [0.5, 0.6) is 0 Å². The third-order valence-corrected chi connectivity index (χ3v) is 4.63. The molecule has 3 heteroatoms. The first-order chi connectivity index (χ1) is 10.5. The van der Waals surface area contributed by atoms with Gasteiger partial charge in [-0.15, -0.1) is 0 Å². The van der Waals surface area contributed by atoms with Crippen molar-refractivity contribution in [2.75, 3.05) is 0 Å². The van der Waals surface area contributed by atoms with Crippen molar-refractivity contribution < 1.29 is 13.2 Å². The van der Waals surface area contributed by atoms with E-state index in [1.165, 1.54) is 17.2 Å². The van der Waals surface area contributed by atoms with Gasteiger partial charge in [0.05, 0.1) is 0 Å². The highest BCUT2D eigenvalue weighted by molar-refractivity contribution is 5.33. The third-order valence-electron chi connectivity index (χ3n) is 4.63. The number of hydrogen-bond donors (Lipinski definition) is 0. The Bertz CT molecular complexity index is 674. The summed E-state index contributed by atoms with van der Waals surface area (Å²) in [5.74, 6) is -3.00. The van der Waals surface area contributed by atoms with Gasteiger partial charge < -0.3 is 0 Å². The Morgan fingerprint density at radius 1 is 1.05 bits per heavy atom. The molecule has 2 aromatic rings. The van der Waals surface area contributed by atoms with E-state index in [2.05, 4.69) is 31.2 Å². The number of benzene rings is 2. The van der Waals surface area contributed by atoms with E-state index >= 15 is 0 Å². The molecule has 0 bridgehead atoms. The molecule has 0 aliphatic heterocycles. The van der Waals surface area contributed by atoms with Crippen LogP contribution in [0.25, 0.3) is 0 Å². The zero-order valence-electron chi connectivity index (χ0n) is 12.6. The summed E-state index contributed by atoms with van der Waals surface area (Å²) < 4.78 is 40.4. The minimum atomic E-state index is -1.34. The number of halogens is 3. The number of rotatable bonds is 3. The average Bonchev–Trinajstić information content (AvgIpc) is 2.52. The lowest BCUT2D eigenvalue weighted by Crippen LogP contribution is -2.18. The quantitative estimate of drug-likeness (QED) is 0.688. The number of hydrogen-bond acceptors (Lipinski definition) is 0. The van der Waals surface area contributed by atoms with Gasteiger partial charge in [-0.25, -0.2) is 13.2 Å². The van der Waals surface area contributed by atoms with Crippen molar-refractivity contribution in [3.05, 3.63) is 70.0 Å². The van der Waals surface area contributed by atoms with Crippen molar-refractivity contribution >= 4 is 0 Å². The Labute approximate surface area is 129 Å². The second kappa shape index (κ2) is 6.15. The first-order valence-corrected chi connectivity index (χ1v) is 7.75. The second-order valence-corrected chi connectivity index (χ2v) is 6.26. The molecule has 2 aromatic carbocycles. The lowest BCUT2D eigenvalue weighted by Gasteiger charge is -2.25. The summed E-state index contributed by atoms with van der Waals surface area (Å²) in [7, 11) is 0. The molecule has 1 atom stereocenters. The van der Waals surface area contributed by atoms with E-state index in [1.807, 2.05) is 0 Å². The van der Waals surface area contributed by atoms with Gasteiger partial charge in [-0.2, -0.15) is 0 Å². The molecule has 1 aliphatic rings. The Balaban J connectivity index is 1.68. The standard InChI is InChI=1S/C19H19F3/c1-12-2-4-13(5-3-12)6-7-14-8-9-16-15(10-14)11-17(20)19(22)18(16)21/h2-5,11,14H,6-10H2,1H3. The van der Waals surface area contributed by atoms with Gasteiger partial charge in [0.1, 0.15) is 0 Å². The van der Waals surface area contributed by atoms with Crippen LogP contribution in [-0.4, -0.2) is 0 Å². The summed E-state index contributed by atoms with van der Waals surface area (Å²) >= 11 is 0. The van der Waals surface area contributed by atoms with Crippen LogP contribution < -0.4 is 0 Å². The molecule has 1 unspecified atom stereocenters. The monoisotopic (exact) mass is 304 g/mol. The average molecular weight is 304 g/mol. The fourth-order valence-electron chi connectivity index (χ4n) is 3.27. The largest absolute Gasteiger partial charge is 0.204 e. The van der Waals surface area contributed by atoms with Crippen molar-refractivity contribution in [3.63, 3.8) is 0 Å². The molecule has 116 valence electrons. The van der Waals surface area contributed by atoms with E-state index < -0.39 is 17.5 Å². The number of aryl methyl sites for hydroxylation is 2. The van der Waals surface area contributed by atoms with Crippen LogP contribution in [0.3, 0.4) is 0 Å². The minimum absolute atomic E-state index is 0.366. The van der Waals surface area contributed by atoms with Gasteiger partial charge in [0.25, 0.3) is 0 Å². The first-order valence-electron chi connectivity index (χ1n) is 7.75. The van der Waals surface area contributed by atoms with E-state index in [4.69, 9.17) is 0 Å². The molecule has 22 heavy (non-hydrogen) atoms. The fraction of sp³-hybridized carbons (Fsp3) is 0.368. The Morgan fingerprint density at radius 2 is 1.77 bits per heavy atom. The highest BCUT2D eigenvalue weighted by Crippen LogP contribution is 2.32. The van der Waals surface area contributed by atoms with Crippen molar-refractivity contribution in [3.8, 4) is 0 Å². The molecule has 0 saturated heterocycles. The third kappa shape index (κ3) is 3.03. The molecule has 0 nitrogen and oxygen atoms in total. The minimum Gasteiger partial charge on any atom is -0.204 e. The molecular formula is C19H19F3. The van der Waals surface area contributed by atoms with Crippen molar-refractivity contribution in [1.82, 2.24) is 0 Å². The maximum Gasteiger partial charge on any atom is 0.194 e. The van der Waals surface area contributed by atoms with Crippen LogP contribution in [0.1, 0.15) is 35.1 Å². The van der Waals surface area contributed by atoms with Crippen LogP contribution in [0.4, 0.5) is 13.2 Å². The highest BCUT2D eigenvalue weighted by Gasteiger charge is 2.25. The summed E-state index contributed by atoms with van der Waals surface area (Å²) in [6.45, 7) is 2.06. The molecule has 0 fully saturated rings. The Kier molecular flexibility index (Phi) is 4.23. The van der Waals surface area contributed by atoms with Crippen molar-refractivity contribution in [2.24, 2.45) is 5.92 Å². The van der Waals surface area contributed by atoms with Crippen LogP contribution in [-0.2, 0) is 19.3 Å². The second-order valence-electron chi connectivity index (χ2n) is 6.26. The van der Waals surface area contributed by atoms with Gasteiger partial charge in [-0.05, 0) is 67.7 Å². The van der Waals surface area contributed by atoms with Gasteiger partial charge >= 0.3 is 0 Å². The zero-order valence-corrected chi connectivity index (χ0v) is 12.6. The van der Waals surface area contributed by atoms with Gasteiger partial charge in [-0.1, -0.05) is 29.8 Å². The molecule has 0 N–H and O–H groups in total. The van der Waals surface area contributed by atoms with Crippen LogP contribution in [0.15, 0.2) is 30.3 Å². The van der Waals surface area contributed by atoms with Gasteiger partial charge in [0.2, 0.25) is 0 Å². The molecule has 1 aliphatic carbocycles. The van der Waals surface area contributed by atoms with E-state index in [0.717, 1.165) is 19.3 Å². The van der Waals surface area contributed by atoms with Crippen molar-refractivity contribution in [2.45, 2.75) is 39.0 Å². The van der Waals surface area contributed by atoms with E-state index in [1.54, 1.807) is 0 Å². The lowest BCUT2D eigenvalue weighted by molar-refractivity contribution is 0.394. The van der Waals surface area contributed by atoms with Gasteiger partial charge in [-0.3, -0.25) is 0 Å².